The standard InChI is InChI=1S/C37H47N7O5/c45-33(44-15-17-49-18-16-44)21-28(20-27-11-6-10-26-9-4-5-12-30(26)27)36(47)43-32(22-29-23-38-24-41-29)37(48)42-31(19-25-7-2-1-3-8-25)34(46)35-39-13-14-40-35/h4-6,9-14,23-25,28,31-32,34,46H,1-3,7-8,15-22H2,(H,38,41)(H,39,40)(H,42,48)(H,43,47)/t28?,31-,32-,34+/m0/s1. The van der Waals surface area contributed by atoms with Gasteiger partial charge in [0.05, 0.1) is 31.5 Å². The van der Waals surface area contributed by atoms with Crippen LogP contribution in [0.2, 0.25) is 0 Å². The van der Waals surface area contributed by atoms with Crippen LogP contribution < -0.4 is 10.6 Å². The molecular weight excluding hydrogens is 622 g/mol. The van der Waals surface area contributed by atoms with E-state index >= 15 is 0 Å². The van der Waals surface area contributed by atoms with Gasteiger partial charge in [0.1, 0.15) is 18.0 Å². The Labute approximate surface area is 286 Å². The molecule has 3 amide bonds. The average molecular weight is 670 g/mol. The number of carbonyl (C=O) groups is 3. The van der Waals surface area contributed by atoms with Gasteiger partial charge in [0.2, 0.25) is 17.7 Å². The van der Waals surface area contributed by atoms with Crippen LogP contribution in [0.5, 0.6) is 0 Å². The summed E-state index contributed by atoms with van der Waals surface area (Å²) in [6.07, 6.45) is 11.9. The second-order valence-electron chi connectivity index (χ2n) is 13.4. The number of aromatic nitrogens is 4. The Bertz CT molecular complexity index is 1640. The van der Waals surface area contributed by atoms with Gasteiger partial charge in [-0.25, -0.2) is 9.97 Å². The zero-order valence-electron chi connectivity index (χ0n) is 27.9. The maximum Gasteiger partial charge on any atom is 0.243 e. The second-order valence-corrected chi connectivity index (χ2v) is 13.4. The Hall–Kier alpha value is -4.55. The monoisotopic (exact) mass is 669 g/mol. The number of hydrogen-bond donors (Lipinski definition) is 5. The lowest BCUT2D eigenvalue weighted by molar-refractivity contribution is -0.140. The molecule has 2 fully saturated rings. The minimum atomic E-state index is -1.05. The molecule has 4 atom stereocenters. The molecule has 12 heteroatoms. The number of aliphatic hydroxyl groups is 1. The number of H-pyrrole nitrogens is 2. The SMILES string of the molecule is O=C(N[C@@H](Cc1cnc[nH]1)C(=O)N[C@@H](CC1CCCCC1)[C@@H](O)c1ncc[nH]1)C(CC(=O)N1CCOCC1)Cc1cccc2ccccc12. The van der Waals surface area contributed by atoms with Crippen LogP contribution in [-0.2, 0) is 32.0 Å². The lowest BCUT2D eigenvalue weighted by atomic mass is 9.83. The second kappa shape index (κ2) is 16.7. The summed E-state index contributed by atoms with van der Waals surface area (Å²) in [5.74, 6) is -0.910. The van der Waals surface area contributed by atoms with Crippen LogP contribution >= 0.6 is 0 Å². The number of carbonyl (C=O) groups excluding carboxylic acids is 3. The zero-order chi connectivity index (χ0) is 34.0. The number of rotatable bonds is 14. The molecule has 0 bridgehead atoms. The Balaban J connectivity index is 1.24. The predicted molar refractivity (Wildman–Crippen MR) is 184 cm³/mol. The first kappa shape index (κ1) is 34.3. The van der Waals surface area contributed by atoms with Gasteiger partial charge in [0, 0.05) is 50.2 Å². The summed E-state index contributed by atoms with van der Waals surface area (Å²) in [6.45, 7) is 1.88. The summed E-state index contributed by atoms with van der Waals surface area (Å²) in [5, 5.41) is 19.5. The zero-order valence-corrected chi connectivity index (χ0v) is 27.9. The number of aliphatic hydroxyl groups excluding tert-OH is 1. The largest absolute Gasteiger partial charge is 0.383 e. The Morgan fingerprint density at radius 1 is 0.959 bits per heavy atom. The number of imidazole rings is 2. The van der Waals surface area contributed by atoms with Crippen LogP contribution in [0.25, 0.3) is 10.8 Å². The summed E-state index contributed by atoms with van der Waals surface area (Å²) in [7, 11) is 0. The maximum absolute atomic E-state index is 14.3. The van der Waals surface area contributed by atoms with E-state index in [1.165, 1.54) is 12.7 Å². The lowest BCUT2D eigenvalue weighted by Crippen LogP contribution is -2.54. The number of amides is 3. The van der Waals surface area contributed by atoms with Crippen LogP contribution in [0.15, 0.2) is 67.4 Å². The van der Waals surface area contributed by atoms with Crippen molar-refractivity contribution in [3.63, 3.8) is 0 Å². The first-order valence-electron chi connectivity index (χ1n) is 17.5. The Morgan fingerprint density at radius 2 is 1.76 bits per heavy atom. The van der Waals surface area contributed by atoms with Crippen LogP contribution in [0.4, 0.5) is 0 Å². The third-order valence-electron chi connectivity index (χ3n) is 9.93. The van der Waals surface area contributed by atoms with Crippen molar-refractivity contribution >= 4 is 28.5 Å². The van der Waals surface area contributed by atoms with E-state index in [9.17, 15) is 19.5 Å². The fraction of sp³-hybridized carbons (Fsp3) is 0.486. The van der Waals surface area contributed by atoms with Gasteiger partial charge in [-0.1, -0.05) is 74.6 Å². The van der Waals surface area contributed by atoms with Gasteiger partial charge in [0.15, 0.2) is 0 Å². The molecule has 2 aliphatic rings. The van der Waals surface area contributed by atoms with Gasteiger partial charge in [-0.2, -0.15) is 0 Å². The highest BCUT2D eigenvalue weighted by Crippen LogP contribution is 2.30. The third-order valence-corrected chi connectivity index (χ3v) is 9.93. The molecule has 3 heterocycles. The summed E-state index contributed by atoms with van der Waals surface area (Å²) in [6, 6.07) is 12.4. The number of hydrogen-bond acceptors (Lipinski definition) is 7. The van der Waals surface area contributed by atoms with E-state index in [-0.39, 0.29) is 24.7 Å². The van der Waals surface area contributed by atoms with E-state index in [1.807, 2.05) is 42.5 Å². The van der Waals surface area contributed by atoms with Gasteiger partial charge < -0.3 is 35.3 Å². The van der Waals surface area contributed by atoms with E-state index in [4.69, 9.17) is 4.74 Å². The van der Waals surface area contributed by atoms with Gasteiger partial charge in [-0.15, -0.1) is 0 Å². The van der Waals surface area contributed by atoms with Gasteiger partial charge in [0.25, 0.3) is 0 Å². The third kappa shape index (κ3) is 9.12. The molecule has 260 valence electrons. The molecule has 0 radical (unpaired) electrons. The van der Waals surface area contributed by atoms with Crippen LogP contribution in [-0.4, -0.2) is 86.1 Å². The van der Waals surface area contributed by atoms with Crippen molar-refractivity contribution in [2.75, 3.05) is 26.3 Å². The lowest BCUT2D eigenvalue weighted by Gasteiger charge is -2.31. The molecule has 2 aromatic heterocycles. The molecule has 1 aliphatic carbocycles. The van der Waals surface area contributed by atoms with Crippen molar-refractivity contribution in [2.24, 2.45) is 11.8 Å². The number of benzene rings is 2. The van der Waals surface area contributed by atoms with Crippen LogP contribution in [0.3, 0.4) is 0 Å². The molecule has 4 aromatic rings. The van der Waals surface area contributed by atoms with Crippen molar-refractivity contribution in [1.82, 2.24) is 35.5 Å². The minimum Gasteiger partial charge on any atom is -0.383 e. The fourth-order valence-electron chi connectivity index (χ4n) is 7.22. The van der Waals surface area contributed by atoms with Gasteiger partial charge in [-0.3, -0.25) is 14.4 Å². The molecule has 49 heavy (non-hydrogen) atoms. The molecule has 1 unspecified atom stereocenters. The van der Waals surface area contributed by atoms with Crippen molar-refractivity contribution in [2.45, 2.75) is 76.0 Å². The number of ether oxygens (including phenoxy) is 1. The van der Waals surface area contributed by atoms with Gasteiger partial charge >= 0.3 is 0 Å². The quantitative estimate of drug-likeness (QED) is 0.137. The summed E-state index contributed by atoms with van der Waals surface area (Å²) < 4.78 is 5.45. The maximum atomic E-state index is 14.3. The van der Waals surface area contributed by atoms with E-state index in [2.05, 4.69) is 30.6 Å². The summed E-state index contributed by atoms with van der Waals surface area (Å²) in [5.41, 5.74) is 1.63. The molecule has 0 spiro atoms. The highest BCUT2D eigenvalue weighted by Gasteiger charge is 2.34. The normalized spacial score (nSPS) is 18.0. The highest BCUT2D eigenvalue weighted by atomic mass is 16.5. The van der Waals surface area contributed by atoms with Crippen molar-refractivity contribution < 1.29 is 24.2 Å². The smallest absolute Gasteiger partial charge is 0.243 e. The number of nitrogens with one attached hydrogen (secondary N) is 4. The van der Waals surface area contributed by atoms with Crippen molar-refractivity contribution in [3.8, 4) is 0 Å². The van der Waals surface area contributed by atoms with E-state index in [0.29, 0.717) is 56.6 Å². The predicted octanol–water partition coefficient (Wildman–Crippen LogP) is 3.61. The topological polar surface area (TPSA) is 165 Å². The molecule has 12 nitrogen and oxygen atoms in total. The minimum absolute atomic E-state index is 0.00500. The van der Waals surface area contributed by atoms with E-state index in [1.54, 1.807) is 23.5 Å². The number of aromatic amines is 2. The average Bonchev–Trinajstić information content (AvgIpc) is 3.87. The fourth-order valence-corrected chi connectivity index (χ4v) is 7.22. The summed E-state index contributed by atoms with van der Waals surface area (Å²) in [4.78, 5) is 58.1. The molecule has 5 N–H and O–H groups in total. The molecule has 6 rings (SSSR count). The van der Waals surface area contributed by atoms with E-state index < -0.39 is 30.0 Å². The highest BCUT2D eigenvalue weighted by molar-refractivity contribution is 5.92. The molecule has 1 saturated heterocycles. The molecular formula is C37H47N7O5. The first-order valence-corrected chi connectivity index (χ1v) is 17.5. The van der Waals surface area contributed by atoms with Crippen molar-refractivity contribution in [1.29, 1.82) is 0 Å². The number of nitrogens with zero attached hydrogens (tertiary/aromatic N) is 3. The van der Waals surface area contributed by atoms with Gasteiger partial charge in [-0.05, 0) is 35.1 Å². The first-order chi connectivity index (χ1) is 23.9. The van der Waals surface area contributed by atoms with Crippen LogP contribution in [0, 0.1) is 11.8 Å². The number of morpholine rings is 1. The molecule has 1 aliphatic heterocycles. The Kier molecular flexibility index (Phi) is 11.7. The number of fused-ring (bicyclic) bond motifs is 1. The van der Waals surface area contributed by atoms with E-state index in [0.717, 1.165) is 42.0 Å². The molecule has 1 saturated carbocycles. The Morgan fingerprint density at radius 3 is 2.51 bits per heavy atom. The van der Waals surface area contributed by atoms with Crippen molar-refractivity contribution in [3.05, 3.63) is 84.5 Å². The van der Waals surface area contributed by atoms with Crippen LogP contribution in [0.1, 0.15) is 68.1 Å². The molecule has 2 aromatic carbocycles. The summed E-state index contributed by atoms with van der Waals surface area (Å²) >= 11 is 0.